The average molecular weight is 510 g/mol. The Labute approximate surface area is 212 Å². The molecule has 8 nitrogen and oxygen atoms in total. The van der Waals surface area contributed by atoms with E-state index in [-0.39, 0.29) is 11.7 Å². The van der Waals surface area contributed by atoms with E-state index in [0.29, 0.717) is 28.2 Å². The average Bonchev–Trinajstić information content (AvgIpc) is 3.30. The Morgan fingerprint density at radius 1 is 0.971 bits per heavy atom. The van der Waals surface area contributed by atoms with Crippen molar-refractivity contribution in [3.8, 4) is 17.2 Å². The molecular weight excluding hydrogens is 486 g/mol. The van der Waals surface area contributed by atoms with E-state index < -0.39 is 0 Å². The molecule has 0 fully saturated rings. The highest BCUT2D eigenvalue weighted by Gasteiger charge is 2.16. The third kappa shape index (κ3) is 6.26. The second-order valence-electron chi connectivity index (χ2n) is 7.34. The third-order valence-corrected chi connectivity index (χ3v) is 6.25. The number of ether oxygens (including phenoxy) is 2. The van der Waals surface area contributed by atoms with Crippen molar-refractivity contribution in [1.82, 2.24) is 14.8 Å². The van der Waals surface area contributed by atoms with Gasteiger partial charge in [0, 0.05) is 17.1 Å². The van der Waals surface area contributed by atoms with E-state index in [0.717, 1.165) is 22.9 Å². The first-order valence-corrected chi connectivity index (χ1v) is 12.1. The molecule has 0 bridgehead atoms. The summed E-state index contributed by atoms with van der Waals surface area (Å²) in [6, 6.07) is 22.5. The van der Waals surface area contributed by atoms with Crippen LogP contribution in [0.25, 0.3) is 5.69 Å². The lowest BCUT2D eigenvalue weighted by Gasteiger charge is -2.12. The van der Waals surface area contributed by atoms with E-state index in [9.17, 15) is 4.79 Å². The minimum atomic E-state index is -0.184. The van der Waals surface area contributed by atoms with Crippen LogP contribution in [0, 0.1) is 0 Å². The molecular formula is C25H24ClN5O3S. The minimum absolute atomic E-state index is 0.153. The topological polar surface area (TPSA) is 90.3 Å². The van der Waals surface area contributed by atoms with E-state index in [1.165, 1.54) is 11.8 Å². The number of amides is 1. The van der Waals surface area contributed by atoms with E-state index in [4.69, 9.17) is 21.1 Å². The van der Waals surface area contributed by atoms with Gasteiger partial charge in [0.1, 0.15) is 11.5 Å². The van der Waals surface area contributed by atoms with Crippen molar-refractivity contribution in [3.63, 3.8) is 0 Å². The summed E-state index contributed by atoms with van der Waals surface area (Å²) >= 11 is 7.45. The van der Waals surface area contributed by atoms with Gasteiger partial charge in [-0.1, -0.05) is 41.6 Å². The van der Waals surface area contributed by atoms with Crippen LogP contribution in [0.1, 0.15) is 5.82 Å². The predicted molar refractivity (Wildman–Crippen MR) is 139 cm³/mol. The molecule has 0 saturated heterocycles. The second-order valence-corrected chi connectivity index (χ2v) is 8.69. The zero-order chi connectivity index (χ0) is 24.6. The predicted octanol–water partition coefficient (Wildman–Crippen LogP) is 5.28. The van der Waals surface area contributed by atoms with E-state index in [1.54, 1.807) is 32.4 Å². The van der Waals surface area contributed by atoms with Gasteiger partial charge in [-0.3, -0.25) is 9.36 Å². The number of methoxy groups -OCH3 is 2. The van der Waals surface area contributed by atoms with Crippen molar-refractivity contribution in [2.45, 2.75) is 11.7 Å². The van der Waals surface area contributed by atoms with Crippen LogP contribution in [0.2, 0.25) is 5.02 Å². The number of hydrogen-bond donors (Lipinski definition) is 2. The molecule has 3 aromatic carbocycles. The SMILES string of the molecule is COc1ccc(NCc2nnc(SCC(=O)Nc3ccc(OC)c(Cl)c3)n2-c2ccccc2)cc1. The summed E-state index contributed by atoms with van der Waals surface area (Å²) in [5.74, 6) is 2.02. The van der Waals surface area contributed by atoms with Gasteiger partial charge in [0.2, 0.25) is 5.91 Å². The normalized spacial score (nSPS) is 10.6. The number of nitrogens with one attached hydrogen (secondary N) is 2. The lowest BCUT2D eigenvalue weighted by atomic mass is 10.3. The molecule has 0 spiro atoms. The van der Waals surface area contributed by atoms with Crippen LogP contribution in [-0.4, -0.2) is 40.6 Å². The van der Waals surface area contributed by atoms with Crippen molar-refractivity contribution in [2.75, 3.05) is 30.6 Å². The standard InChI is InChI=1S/C25H24ClN5O3S/c1-33-20-11-8-17(9-12-20)27-15-23-29-30-25(31(23)19-6-4-3-5-7-19)35-16-24(32)28-18-10-13-22(34-2)21(26)14-18/h3-14,27H,15-16H2,1-2H3,(H,28,32). The number of carbonyl (C=O) groups is 1. The van der Waals surface area contributed by atoms with Gasteiger partial charge >= 0.3 is 0 Å². The minimum Gasteiger partial charge on any atom is -0.497 e. The summed E-state index contributed by atoms with van der Waals surface area (Å²) < 4.78 is 12.3. The van der Waals surface area contributed by atoms with Gasteiger partial charge in [0.05, 0.1) is 31.5 Å². The molecule has 10 heteroatoms. The van der Waals surface area contributed by atoms with Crippen molar-refractivity contribution in [1.29, 1.82) is 0 Å². The summed E-state index contributed by atoms with van der Waals surface area (Å²) in [6.07, 6.45) is 0. The molecule has 4 rings (SSSR count). The largest absolute Gasteiger partial charge is 0.497 e. The number of thioether (sulfide) groups is 1. The van der Waals surface area contributed by atoms with Gasteiger partial charge in [0.25, 0.3) is 0 Å². The van der Waals surface area contributed by atoms with Crippen LogP contribution in [0.15, 0.2) is 78.0 Å². The molecule has 0 aliphatic rings. The van der Waals surface area contributed by atoms with Crippen molar-refractivity contribution in [3.05, 3.63) is 83.6 Å². The number of benzene rings is 3. The van der Waals surface area contributed by atoms with Crippen LogP contribution < -0.4 is 20.1 Å². The van der Waals surface area contributed by atoms with Gasteiger partial charge in [-0.05, 0) is 54.6 Å². The zero-order valence-electron chi connectivity index (χ0n) is 19.2. The molecule has 0 aliphatic carbocycles. The molecule has 4 aromatic rings. The number of nitrogens with zero attached hydrogens (tertiary/aromatic N) is 3. The molecule has 0 unspecified atom stereocenters. The first-order chi connectivity index (χ1) is 17.1. The highest BCUT2D eigenvalue weighted by Crippen LogP contribution is 2.28. The Kier molecular flexibility index (Phi) is 8.12. The fraction of sp³-hybridized carbons (Fsp3) is 0.160. The number of para-hydroxylation sites is 1. The van der Waals surface area contributed by atoms with E-state index >= 15 is 0 Å². The Morgan fingerprint density at radius 2 is 1.71 bits per heavy atom. The maximum Gasteiger partial charge on any atom is 0.234 e. The fourth-order valence-corrected chi connectivity index (χ4v) is 4.33. The second kappa shape index (κ2) is 11.6. The highest BCUT2D eigenvalue weighted by molar-refractivity contribution is 7.99. The molecule has 2 N–H and O–H groups in total. The lowest BCUT2D eigenvalue weighted by molar-refractivity contribution is -0.113. The van der Waals surface area contributed by atoms with Crippen LogP contribution in [0.3, 0.4) is 0 Å². The van der Waals surface area contributed by atoms with E-state index in [2.05, 4.69) is 20.8 Å². The molecule has 1 amide bonds. The zero-order valence-corrected chi connectivity index (χ0v) is 20.8. The third-order valence-electron chi connectivity index (χ3n) is 5.02. The summed E-state index contributed by atoms with van der Waals surface area (Å²) in [7, 11) is 3.18. The molecule has 0 atom stereocenters. The highest BCUT2D eigenvalue weighted by atomic mass is 35.5. The number of rotatable bonds is 10. The maximum atomic E-state index is 12.6. The number of halogens is 1. The molecule has 1 heterocycles. The molecule has 1 aromatic heterocycles. The van der Waals surface area contributed by atoms with Crippen LogP contribution in [0.4, 0.5) is 11.4 Å². The van der Waals surface area contributed by atoms with Crippen LogP contribution in [-0.2, 0) is 11.3 Å². The van der Waals surface area contributed by atoms with Crippen LogP contribution in [0.5, 0.6) is 11.5 Å². The van der Waals surface area contributed by atoms with Crippen molar-refractivity contribution in [2.24, 2.45) is 0 Å². The molecule has 0 saturated carbocycles. The number of aromatic nitrogens is 3. The van der Waals surface area contributed by atoms with Gasteiger partial charge in [-0.2, -0.15) is 0 Å². The molecule has 0 radical (unpaired) electrons. The van der Waals surface area contributed by atoms with Gasteiger partial charge in [-0.25, -0.2) is 0 Å². The first-order valence-electron chi connectivity index (χ1n) is 10.7. The number of hydrogen-bond acceptors (Lipinski definition) is 7. The molecule has 180 valence electrons. The Hall–Kier alpha value is -3.69. The van der Waals surface area contributed by atoms with Gasteiger partial charge in [-0.15, -0.1) is 10.2 Å². The first kappa shape index (κ1) is 24.4. The Balaban J connectivity index is 1.46. The van der Waals surface area contributed by atoms with Crippen molar-refractivity contribution >= 4 is 40.6 Å². The summed E-state index contributed by atoms with van der Waals surface area (Å²) in [4.78, 5) is 12.6. The molecule has 35 heavy (non-hydrogen) atoms. The lowest BCUT2D eigenvalue weighted by Crippen LogP contribution is -2.15. The van der Waals surface area contributed by atoms with Crippen molar-refractivity contribution < 1.29 is 14.3 Å². The van der Waals surface area contributed by atoms with E-state index in [1.807, 2.05) is 59.2 Å². The number of anilines is 2. The Bertz CT molecular complexity index is 1280. The monoisotopic (exact) mass is 509 g/mol. The van der Waals surface area contributed by atoms with Gasteiger partial charge in [0.15, 0.2) is 11.0 Å². The molecule has 0 aliphatic heterocycles. The quantitative estimate of drug-likeness (QED) is 0.281. The summed E-state index contributed by atoms with van der Waals surface area (Å²) in [6.45, 7) is 0.450. The maximum absolute atomic E-state index is 12.6. The Morgan fingerprint density at radius 3 is 2.40 bits per heavy atom. The summed E-state index contributed by atoms with van der Waals surface area (Å²) in [5, 5.41) is 16.0. The smallest absolute Gasteiger partial charge is 0.234 e. The summed E-state index contributed by atoms with van der Waals surface area (Å²) in [5.41, 5.74) is 2.43. The van der Waals surface area contributed by atoms with Crippen LogP contribution >= 0.6 is 23.4 Å². The fourth-order valence-electron chi connectivity index (χ4n) is 3.31. The van der Waals surface area contributed by atoms with Gasteiger partial charge < -0.3 is 20.1 Å². The number of carbonyl (C=O) groups excluding carboxylic acids is 1.